The molecule has 0 radical (unpaired) electrons. The molecule has 0 atom stereocenters. The first-order valence-electron chi connectivity index (χ1n) is 7.07. The molecule has 0 aliphatic rings. The number of amides is 1. The maximum Gasteiger partial charge on any atom is 0.310 e. The van der Waals surface area contributed by atoms with Gasteiger partial charge >= 0.3 is 5.97 Å². The minimum atomic E-state index is -0.592. The second-order valence-electron chi connectivity index (χ2n) is 5.18. The number of carbonyl (C=O) groups excluding carboxylic acids is 2. The average Bonchev–Trinajstić information content (AvgIpc) is 2.72. The molecule has 6 nitrogen and oxygen atoms in total. The number of esters is 1. The molecule has 122 valence electrons. The standard InChI is InChI=1S/C16H18FN3O3/c1-10-16(11(2)20(3)19-10)18-14(21)9-23-15(22)8-12-5-4-6-13(17)7-12/h4-7H,8-9H2,1-3H3,(H,18,21). The number of aromatic nitrogens is 2. The molecule has 1 N–H and O–H groups in total. The van der Waals surface area contributed by atoms with Crippen molar-refractivity contribution in [2.75, 3.05) is 11.9 Å². The number of aryl methyl sites for hydroxylation is 2. The molecule has 0 saturated carbocycles. The Bertz CT molecular complexity index is 740. The van der Waals surface area contributed by atoms with Gasteiger partial charge in [-0.2, -0.15) is 5.10 Å². The van der Waals surface area contributed by atoms with E-state index < -0.39 is 24.3 Å². The van der Waals surface area contributed by atoms with E-state index in [2.05, 4.69) is 10.4 Å². The number of rotatable bonds is 5. The molecule has 0 unspecified atom stereocenters. The number of halogens is 1. The summed E-state index contributed by atoms with van der Waals surface area (Å²) in [5.74, 6) is -1.46. The third kappa shape index (κ3) is 4.38. The van der Waals surface area contributed by atoms with E-state index in [4.69, 9.17) is 4.74 Å². The molecule has 1 heterocycles. The highest BCUT2D eigenvalue weighted by molar-refractivity contribution is 5.93. The summed E-state index contributed by atoms with van der Waals surface area (Å²) in [5, 5.41) is 6.85. The van der Waals surface area contributed by atoms with Crippen LogP contribution >= 0.6 is 0 Å². The number of hydrogen-bond donors (Lipinski definition) is 1. The van der Waals surface area contributed by atoms with Gasteiger partial charge in [-0.25, -0.2) is 4.39 Å². The van der Waals surface area contributed by atoms with Crippen molar-refractivity contribution in [3.63, 3.8) is 0 Å². The molecular weight excluding hydrogens is 301 g/mol. The summed E-state index contributed by atoms with van der Waals surface area (Å²) in [5.41, 5.74) is 2.60. The number of anilines is 1. The summed E-state index contributed by atoms with van der Waals surface area (Å²) >= 11 is 0. The molecule has 0 fully saturated rings. The van der Waals surface area contributed by atoms with Crippen LogP contribution in [0, 0.1) is 19.7 Å². The third-order valence-electron chi connectivity index (χ3n) is 3.38. The molecule has 0 aliphatic heterocycles. The zero-order chi connectivity index (χ0) is 17.0. The normalized spacial score (nSPS) is 10.4. The molecule has 7 heteroatoms. The number of nitrogens with zero attached hydrogens (tertiary/aromatic N) is 2. The molecule has 0 aliphatic carbocycles. The van der Waals surface area contributed by atoms with Crippen LogP contribution in [-0.2, 0) is 27.8 Å². The highest BCUT2D eigenvalue weighted by Gasteiger charge is 2.14. The molecule has 2 rings (SSSR count). The summed E-state index contributed by atoms with van der Waals surface area (Å²) in [6.07, 6.45) is -0.0873. The van der Waals surface area contributed by atoms with E-state index in [1.165, 1.54) is 18.2 Å². The van der Waals surface area contributed by atoms with Gasteiger partial charge in [-0.15, -0.1) is 0 Å². The van der Waals surface area contributed by atoms with Crippen molar-refractivity contribution in [1.29, 1.82) is 0 Å². The van der Waals surface area contributed by atoms with Crippen LogP contribution in [0.2, 0.25) is 0 Å². The number of benzene rings is 1. The zero-order valence-electron chi connectivity index (χ0n) is 13.2. The Kier molecular flexibility index (Phi) is 5.10. The van der Waals surface area contributed by atoms with E-state index in [9.17, 15) is 14.0 Å². The van der Waals surface area contributed by atoms with E-state index in [-0.39, 0.29) is 6.42 Å². The zero-order valence-corrected chi connectivity index (χ0v) is 13.2. The molecular formula is C16H18FN3O3. The van der Waals surface area contributed by atoms with Crippen LogP contribution in [0.1, 0.15) is 17.0 Å². The summed E-state index contributed by atoms with van der Waals surface area (Å²) in [7, 11) is 1.77. The topological polar surface area (TPSA) is 73.2 Å². The van der Waals surface area contributed by atoms with Crippen LogP contribution in [0.4, 0.5) is 10.1 Å². The third-order valence-corrected chi connectivity index (χ3v) is 3.38. The second kappa shape index (κ2) is 7.04. The number of hydrogen-bond acceptors (Lipinski definition) is 4. The van der Waals surface area contributed by atoms with Gasteiger partial charge in [0.25, 0.3) is 5.91 Å². The van der Waals surface area contributed by atoms with Gasteiger partial charge in [0.15, 0.2) is 6.61 Å². The van der Waals surface area contributed by atoms with Crippen LogP contribution in [0.25, 0.3) is 0 Å². The number of carbonyl (C=O) groups is 2. The molecule has 0 saturated heterocycles. The predicted molar refractivity (Wildman–Crippen MR) is 82.4 cm³/mol. The Morgan fingerprint density at radius 3 is 2.70 bits per heavy atom. The molecule has 0 bridgehead atoms. The van der Waals surface area contributed by atoms with Gasteiger partial charge in [-0.05, 0) is 31.5 Å². The average molecular weight is 319 g/mol. The van der Waals surface area contributed by atoms with E-state index in [0.29, 0.717) is 16.9 Å². The smallest absolute Gasteiger partial charge is 0.310 e. The largest absolute Gasteiger partial charge is 0.455 e. The van der Waals surface area contributed by atoms with Crippen molar-refractivity contribution in [1.82, 2.24) is 9.78 Å². The fraction of sp³-hybridized carbons (Fsp3) is 0.312. The van der Waals surface area contributed by atoms with Crippen molar-refractivity contribution in [3.8, 4) is 0 Å². The van der Waals surface area contributed by atoms with Gasteiger partial charge in [-0.3, -0.25) is 14.3 Å². The SMILES string of the molecule is Cc1nn(C)c(C)c1NC(=O)COC(=O)Cc1cccc(F)c1. The lowest BCUT2D eigenvalue weighted by Crippen LogP contribution is -2.22. The maximum absolute atomic E-state index is 13.0. The molecule has 1 aromatic carbocycles. The van der Waals surface area contributed by atoms with Gasteiger partial charge in [0.2, 0.25) is 0 Å². The van der Waals surface area contributed by atoms with Gasteiger partial charge in [0.05, 0.1) is 23.5 Å². The first kappa shape index (κ1) is 16.7. The first-order chi connectivity index (χ1) is 10.9. The highest BCUT2D eigenvalue weighted by Crippen LogP contribution is 2.18. The van der Waals surface area contributed by atoms with Crippen LogP contribution in [0.3, 0.4) is 0 Å². The van der Waals surface area contributed by atoms with Gasteiger partial charge in [-0.1, -0.05) is 12.1 Å². The Balaban J connectivity index is 1.85. The minimum Gasteiger partial charge on any atom is -0.455 e. The molecule has 1 amide bonds. The van der Waals surface area contributed by atoms with Gasteiger partial charge in [0, 0.05) is 7.05 Å². The van der Waals surface area contributed by atoms with Crippen molar-refractivity contribution in [2.24, 2.45) is 7.05 Å². The minimum absolute atomic E-state index is 0.0873. The fourth-order valence-electron chi connectivity index (χ4n) is 2.14. The van der Waals surface area contributed by atoms with Gasteiger partial charge < -0.3 is 10.1 Å². The van der Waals surface area contributed by atoms with Crippen LogP contribution in [0.15, 0.2) is 24.3 Å². The van der Waals surface area contributed by atoms with Gasteiger partial charge in [0.1, 0.15) is 5.82 Å². The lowest BCUT2D eigenvalue weighted by molar-refractivity contribution is -0.146. The molecule has 23 heavy (non-hydrogen) atoms. The quantitative estimate of drug-likeness (QED) is 0.854. The van der Waals surface area contributed by atoms with Crippen molar-refractivity contribution in [3.05, 3.63) is 47.0 Å². The first-order valence-corrected chi connectivity index (χ1v) is 7.07. The summed E-state index contributed by atoms with van der Waals surface area (Å²) in [6, 6.07) is 5.68. The van der Waals surface area contributed by atoms with Crippen molar-refractivity contribution >= 4 is 17.6 Å². The monoisotopic (exact) mass is 319 g/mol. The van der Waals surface area contributed by atoms with E-state index in [1.807, 2.05) is 6.92 Å². The fourth-order valence-corrected chi connectivity index (χ4v) is 2.14. The molecule has 2 aromatic rings. The van der Waals surface area contributed by atoms with Crippen molar-refractivity contribution < 1.29 is 18.7 Å². The molecule has 0 spiro atoms. The second-order valence-corrected chi connectivity index (χ2v) is 5.18. The Morgan fingerprint density at radius 2 is 2.09 bits per heavy atom. The Labute approximate surface area is 133 Å². The van der Waals surface area contributed by atoms with Crippen LogP contribution in [0.5, 0.6) is 0 Å². The van der Waals surface area contributed by atoms with Crippen LogP contribution < -0.4 is 5.32 Å². The summed E-state index contributed by atoms with van der Waals surface area (Å²) in [6.45, 7) is 3.20. The van der Waals surface area contributed by atoms with Crippen molar-refractivity contribution in [2.45, 2.75) is 20.3 Å². The van der Waals surface area contributed by atoms with E-state index in [0.717, 1.165) is 5.69 Å². The number of ether oxygens (including phenoxy) is 1. The lowest BCUT2D eigenvalue weighted by Gasteiger charge is -2.07. The van der Waals surface area contributed by atoms with E-state index in [1.54, 1.807) is 24.7 Å². The Hall–Kier alpha value is -2.70. The van der Waals surface area contributed by atoms with Crippen LogP contribution in [-0.4, -0.2) is 28.3 Å². The molecule has 1 aromatic heterocycles. The number of nitrogens with one attached hydrogen (secondary N) is 1. The highest BCUT2D eigenvalue weighted by atomic mass is 19.1. The lowest BCUT2D eigenvalue weighted by atomic mass is 10.1. The predicted octanol–water partition coefficient (Wildman–Crippen LogP) is 1.90. The van der Waals surface area contributed by atoms with E-state index >= 15 is 0 Å². The summed E-state index contributed by atoms with van der Waals surface area (Å²) < 4.78 is 19.6. The summed E-state index contributed by atoms with van der Waals surface area (Å²) in [4.78, 5) is 23.5. The Morgan fingerprint density at radius 1 is 1.35 bits per heavy atom. The maximum atomic E-state index is 13.0.